The Morgan fingerprint density at radius 2 is 1.80 bits per heavy atom. The number of nitrogens with zero attached hydrogens (tertiary/aromatic N) is 5. The molecule has 2 unspecified atom stereocenters. The summed E-state index contributed by atoms with van der Waals surface area (Å²) in [6.07, 6.45) is 0.277. The minimum atomic E-state index is 0.138. The highest BCUT2D eigenvalue weighted by molar-refractivity contribution is 7.08. The second kappa shape index (κ2) is 8.33. The van der Waals surface area contributed by atoms with E-state index in [2.05, 4.69) is 40.4 Å². The fraction of sp³-hybridized carbons (Fsp3) is 0.476. The zero-order valence-electron chi connectivity index (χ0n) is 17.2. The summed E-state index contributed by atoms with van der Waals surface area (Å²) in [5.41, 5.74) is 1.74. The number of pyridine rings is 1. The van der Waals surface area contributed by atoms with Gasteiger partial charge in [0.25, 0.3) is 0 Å². The minimum Gasteiger partial charge on any atom is -0.378 e. The smallest absolute Gasteiger partial charge is 0.229 e. The molecule has 3 aromatic rings. The van der Waals surface area contributed by atoms with Crippen molar-refractivity contribution in [2.45, 2.75) is 26.1 Å². The topological polar surface area (TPSA) is 75.6 Å². The summed E-state index contributed by atoms with van der Waals surface area (Å²) < 4.78 is 11.5. The van der Waals surface area contributed by atoms with Gasteiger partial charge in [-0.05, 0) is 37.4 Å². The van der Waals surface area contributed by atoms with E-state index in [4.69, 9.17) is 24.4 Å². The fourth-order valence-electron chi connectivity index (χ4n) is 4.03. The Kier molecular flexibility index (Phi) is 5.41. The third-order valence-electron chi connectivity index (χ3n) is 5.33. The van der Waals surface area contributed by atoms with Gasteiger partial charge in [0.2, 0.25) is 5.95 Å². The van der Waals surface area contributed by atoms with Crippen LogP contribution in [-0.2, 0) is 9.47 Å². The molecule has 2 saturated heterocycles. The summed E-state index contributed by atoms with van der Waals surface area (Å²) in [6, 6.07) is 6.10. The molecular weight excluding hydrogens is 400 g/mol. The highest BCUT2D eigenvalue weighted by atomic mass is 32.1. The Labute approximate surface area is 179 Å². The van der Waals surface area contributed by atoms with Crippen LogP contribution >= 0.6 is 11.3 Å². The molecule has 5 rings (SSSR count). The molecule has 0 spiro atoms. The van der Waals surface area contributed by atoms with Crippen molar-refractivity contribution in [1.82, 2.24) is 15.0 Å². The highest BCUT2D eigenvalue weighted by Crippen LogP contribution is 2.29. The number of morpholine rings is 2. The van der Waals surface area contributed by atoms with E-state index in [1.807, 2.05) is 17.5 Å². The lowest BCUT2D eigenvalue weighted by Gasteiger charge is -2.36. The molecule has 30 heavy (non-hydrogen) atoms. The van der Waals surface area contributed by atoms with Crippen LogP contribution in [0.15, 0.2) is 29.0 Å². The monoisotopic (exact) mass is 426 g/mol. The van der Waals surface area contributed by atoms with Gasteiger partial charge in [-0.3, -0.25) is 0 Å². The summed E-state index contributed by atoms with van der Waals surface area (Å²) in [5.74, 6) is 2.42. The van der Waals surface area contributed by atoms with Crippen molar-refractivity contribution in [3.8, 4) is 0 Å². The van der Waals surface area contributed by atoms with Crippen LogP contribution < -0.4 is 15.1 Å². The Bertz CT molecular complexity index is 998. The summed E-state index contributed by atoms with van der Waals surface area (Å²) in [6.45, 7) is 8.76. The first kappa shape index (κ1) is 19.5. The van der Waals surface area contributed by atoms with E-state index >= 15 is 0 Å². The summed E-state index contributed by atoms with van der Waals surface area (Å²) >= 11 is 1.65. The standard InChI is InChI=1S/C21H26N6O2S/c1-14-11-27(12-15(2)29-14)21-24-19-17(20(25-21)26-6-8-28-9-7-26)3-4-18(23-19)22-16-5-10-30-13-16/h3-5,10,13-15H,6-9,11-12H2,1-2H3,(H,22,23,24,25). The third kappa shape index (κ3) is 4.05. The van der Waals surface area contributed by atoms with Crippen molar-refractivity contribution < 1.29 is 9.47 Å². The number of rotatable bonds is 4. The highest BCUT2D eigenvalue weighted by Gasteiger charge is 2.26. The fourth-order valence-corrected chi connectivity index (χ4v) is 4.62. The normalized spacial score (nSPS) is 22.5. The van der Waals surface area contributed by atoms with Gasteiger partial charge in [0, 0.05) is 31.6 Å². The van der Waals surface area contributed by atoms with Crippen LogP contribution in [-0.4, -0.2) is 66.6 Å². The average Bonchev–Trinajstić information content (AvgIpc) is 3.26. The first-order valence-corrected chi connectivity index (χ1v) is 11.3. The van der Waals surface area contributed by atoms with Gasteiger partial charge in [-0.2, -0.15) is 21.3 Å². The van der Waals surface area contributed by atoms with E-state index in [0.29, 0.717) is 24.8 Å². The van der Waals surface area contributed by atoms with E-state index in [-0.39, 0.29) is 12.2 Å². The van der Waals surface area contributed by atoms with Crippen LogP contribution in [0, 0.1) is 0 Å². The van der Waals surface area contributed by atoms with Crippen LogP contribution in [0.4, 0.5) is 23.3 Å². The molecule has 9 heteroatoms. The van der Waals surface area contributed by atoms with E-state index in [9.17, 15) is 0 Å². The van der Waals surface area contributed by atoms with Crippen LogP contribution in [0.3, 0.4) is 0 Å². The van der Waals surface area contributed by atoms with E-state index < -0.39 is 0 Å². The molecule has 2 fully saturated rings. The Balaban J connectivity index is 1.56. The largest absolute Gasteiger partial charge is 0.378 e. The SMILES string of the molecule is CC1CN(c2nc(N3CCOCC3)c3ccc(Nc4ccsc4)nc3n2)CC(C)O1. The number of hydrogen-bond acceptors (Lipinski definition) is 9. The number of aromatic nitrogens is 3. The summed E-state index contributed by atoms with van der Waals surface area (Å²) in [7, 11) is 0. The molecule has 1 N–H and O–H groups in total. The van der Waals surface area contributed by atoms with Crippen LogP contribution in [0.2, 0.25) is 0 Å². The van der Waals surface area contributed by atoms with E-state index in [1.165, 1.54) is 0 Å². The number of hydrogen-bond donors (Lipinski definition) is 1. The van der Waals surface area contributed by atoms with Gasteiger partial charge >= 0.3 is 0 Å². The van der Waals surface area contributed by atoms with Crippen LogP contribution in [0.1, 0.15) is 13.8 Å². The molecule has 0 bridgehead atoms. The van der Waals surface area contributed by atoms with Gasteiger partial charge in [-0.1, -0.05) is 0 Å². The Morgan fingerprint density at radius 1 is 1.00 bits per heavy atom. The van der Waals surface area contributed by atoms with Crippen molar-refractivity contribution >= 4 is 45.6 Å². The third-order valence-corrected chi connectivity index (χ3v) is 6.02. The molecule has 5 heterocycles. The molecule has 2 aliphatic heterocycles. The molecule has 0 amide bonds. The van der Waals surface area contributed by atoms with Gasteiger partial charge in [0.15, 0.2) is 5.65 Å². The molecule has 158 valence electrons. The van der Waals surface area contributed by atoms with E-state index in [1.54, 1.807) is 11.3 Å². The van der Waals surface area contributed by atoms with Crippen molar-refractivity contribution in [3.63, 3.8) is 0 Å². The molecule has 0 saturated carbocycles. The predicted molar refractivity (Wildman–Crippen MR) is 120 cm³/mol. The number of fused-ring (bicyclic) bond motifs is 1. The van der Waals surface area contributed by atoms with Crippen molar-refractivity contribution in [3.05, 3.63) is 29.0 Å². The molecule has 8 nitrogen and oxygen atoms in total. The Morgan fingerprint density at radius 3 is 2.53 bits per heavy atom. The molecule has 3 aromatic heterocycles. The number of thiophene rings is 1. The van der Waals surface area contributed by atoms with Gasteiger partial charge in [0.05, 0.1) is 36.5 Å². The van der Waals surface area contributed by atoms with Crippen molar-refractivity contribution in [2.75, 3.05) is 54.5 Å². The maximum absolute atomic E-state index is 5.90. The quantitative estimate of drug-likeness (QED) is 0.681. The number of nitrogens with one attached hydrogen (secondary N) is 1. The lowest BCUT2D eigenvalue weighted by atomic mass is 10.2. The zero-order chi connectivity index (χ0) is 20.5. The molecule has 2 aliphatic rings. The maximum atomic E-state index is 5.90. The van der Waals surface area contributed by atoms with Gasteiger partial charge in [-0.15, -0.1) is 0 Å². The van der Waals surface area contributed by atoms with Gasteiger partial charge in [0.1, 0.15) is 11.6 Å². The second-order valence-electron chi connectivity index (χ2n) is 7.81. The average molecular weight is 427 g/mol. The first-order valence-electron chi connectivity index (χ1n) is 10.4. The van der Waals surface area contributed by atoms with Crippen molar-refractivity contribution in [1.29, 1.82) is 0 Å². The number of anilines is 4. The number of ether oxygens (including phenoxy) is 2. The Hall–Kier alpha value is -2.49. The van der Waals surface area contributed by atoms with Crippen LogP contribution in [0.25, 0.3) is 11.0 Å². The van der Waals surface area contributed by atoms with Gasteiger partial charge < -0.3 is 24.6 Å². The van der Waals surface area contributed by atoms with Crippen molar-refractivity contribution in [2.24, 2.45) is 0 Å². The molecular formula is C21H26N6O2S. The first-order chi connectivity index (χ1) is 14.7. The van der Waals surface area contributed by atoms with E-state index in [0.717, 1.165) is 48.9 Å². The molecule has 0 aromatic carbocycles. The molecule has 0 aliphatic carbocycles. The molecule has 2 atom stereocenters. The lowest BCUT2D eigenvalue weighted by Crippen LogP contribution is -2.46. The summed E-state index contributed by atoms with van der Waals surface area (Å²) in [5, 5.41) is 8.43. The molecule has 0 radical (unpaired) electrons. The lowest BCUT2D eigenvalue weighted by molar-refractivity contribution is -0.00570. The zero-order valence-corrected chi connectivity index (χ0v) is 18.1. The minimum absolute atomic E-state index is 0.138. The predicted octanol–water partition coefficient (Wildman–Crippen LogP) is 3.28. The van der Waals surface area contributed by atoms with Crippen LogP contribution in [0.5, 0.6) is 0 Å². The summed E-state index contributed by atoms with van der Waals surface area (Å²) in [4.78, 5) is 19.2. The van der Waals surface area contributed by atoms with Gasteiger partial charge in [-0.25, -0.2) is 4.98 Å². The maximum Gasteiger partial charge on any atom is 0.229 e. The second-order valence-corrected chi connectivity index (χ2v) is 8.59.